The largest absolute Gasteiger partial charge is 0.282 e. The summed E-state index contributed by atoms with van der Waals surface area (Å²) < 4.78 is 0. The van der Waals surface area contributed by atoms with Crippen LogP contribution in [-0.2, 0) is 6.42 Å². The van der Waals surface area contributed by atoms with Gasteiger partial charge in [-0.15, -0.1) is 0 Å². The molecule has 1 aromatic carbocycles. The monoisotopic (exact) mass is 211 g/mol. The molecule has 0 bridgehead atoms. The van der Waals surface area contributed by atoms with Crippen molar-refractivity contribution in [2.75, 3.05) is 0 Å². The van der Waals surface area contributed by atoms with Crippen molar-refractivity contribution in [1.29, 1.82) is 5.26 Å². The minimum Gasteiger partial charge on any atom is -0.282 e. The maximum Gasteiger partial charge on any atom is 0.0955 e. The smallest absolute Gasteiger partial charge is 0.0955 e. The highest BCUT2D eigenvalue weighted by molar-refractivity contribution is 5.63. The van der Waals surface area contributed by atoms with Gasteiger partial charge in [-0.1, -0.05) is 30.3 Å². The van der Waals surface area contributed by atoms with E-state index < -0.39 is 0 Å². The van der Waals surface area contributed by atoms with Gasteiger partial charge in [0.2, 0.25) is 0 Å². The molecule has 80 valence electrons. The molecule has 3 heteroatoms. The molecule has 1 N–H and O–H groups in total. The van der Waals surface area contributed by atoms with Crippen LogP contribution < -0.4 is 0 Å². The first-order valence-electron chi connectivity index (χ1n) is 5.29. The first-order chi connectivity index (χ1) is 7.83. The number of benzene rings is 1. The van der Waals surface area contributed by atoms with E-state index in [9.17, 15) is 0 Å². The summed E-state index contributed by atoms with van der Waals surface area (Å²) in [5.74, 6) is 0. The van der Waals surface area contributed by atoms with Crippen molar-refractivity contribution in [1.82, 2.24) is 10.2 Å². The first kappa shape index (κ1) is 10.4. The van der Waals surface area contributed by atoms with Crippen LogP contribution in [0.2, 0.25) is 0 Å². The average Bonchev–Trinajstić information content (AvgIpc) is 2.69. The molecule has 2 aromatic rings. The Morgan fingerprint density at radius 2 is 2.06 bits per heavy atom. The van der Waals surface area contributed by atoms with Gasteiger partial charge < -0.3 is 0 Å². The van der Waals surface area contributed by atoms with Crippen molar-refractivity contribution in [3.63, 3.8) is 0 Å². The number of nitriles is 1. The van der Waals surface area contributed by atoms with Gasteiger partial charge in [0.05, 0.1) is 11.8 Å². The van der Waals surface area contributed by atoms with Gasteiger partial charge in [0.15, 0.2) is 0 Å². The molecule has 0 aliphatic rings. The van der Waals surface area contributed by atoms with E-state index in [0.29, 0.717) is 6.42 Å². The molecule has 1 aromatic heterocycles. The average molecular weight is 211 g/mol. The summed E-state index contributed by atoms with van der Waals surface area (Å²) in [6, 6.07) is 12.2. The quantitative estimate of drug-likeness (QED) is 0.848. The van der Waals surface area contributed by atoms with Crippen LogP contribution in [0.3, 0.4) is 0 Å². The summed E-state index contributed by atoms with van der Waals surface area (Å²) in [5.41, 5.74) is 4.26. The van der Waals surface area contributed by atoms with Crippen molar-refractivity contribution >= 4 is 0 Å². The highest BCUT2D eigenvalue weighted by atomic mass is 15.1. The third-order valence-electron chi connectivity index (χ3n) is 2.61. The topological polar surface area (TPSA) is 52.5 Å². The lowest BCUT2D eigenvalue weighted by Gasteiger charge is -2.01. The standard InChI is InChI=1S/C13H13N3/c1-10-12(8-5-9-14)13(16-15-10)11-6-3-2-4-7-11/h2-4,6-7H,5,8H2,1H3,(H,15,16). The number of aryl methyl sites for hydroxylation is 1. The molecular weight excluding hydrogens is 198 g/mol. The second-order valence-corrected chi connectivity index (χ2v) is 3.70. The van der Waals surface area contributed by atoms with Gasteiger partial charge in [0, 0.05) is 23.2 Å². The summed E-state index contributed by atoms with van der Waals surface area (Å²) in [7, 11) is 0. The Bertz CT molecular complexity index is 506. The zero-order valence-electron chi connectivity index (χ0n) is 9.20. The first-order valence-corrected chi connectivity index (χ1v) is 5.29. The second kappa shape index (κ2) is 4.63. The van der Waals surface area contributed by atoms with Crippen LogP contribution in [0.25, 0.3) is 11.3 Å². The fourth-order valence-corrected chi connectivity index (χ4v) is 1.77. The van der Waals surface area contributed by atoms with Gasteiger partial charge in [-0.25, -0.2) is 0 Å². The van der Waals surface area contributed by atoms with Gasteiger partial charge in [-0.3, -0.25) is 5.10 Å². The zero-order chi connectivity index (χ0) is 11.4. The normalized spacial score (nSPS) is 10.0. The molecule has 0 fully saturated rings. The maximum absolute atomic E-state index is 8.64. The Morgan fingerprint density at radius 1 is 1.31 bits per heavy atom. The van der Waals surface area contributed by atoms with Gasteiger partial charge in [0.1, 0.15) is 0 Å². The van der Waals surface area contributed by atoms with Crippen molar-refractivity contribution in [2.45, 2.75) is 19.8 Å². The molecule has 16 heavy (non-hydrogen) atoms. The molecule has 0 atom stereocenters. The molecule has 0 spiro atoms. The van der Waals surface area contributed by atoms with Crippen LogP contribution in [0.1, 0.15) is 17.7 Å². The number of aromatic amines is 1. The van der Waals surface area contributed by atoms with Crippen LogP contribution in [0, 0.1) is 18.3 Å². The SMILES string of the molecule is Cc1[nH]nc(-c2ccccc2)c1CCC#N. The van der Waals surface area contributed by atoms with Crippen molar-refractivity contribution in [2.24, 2.45) is 0 Å². The van der Waals surface area contributed by atoms with E-state index in [2.05, 4.69) is 16.3 Å². The van der Waals surface area contributed by atoms with Crippen LogP contribution >= 0.6 is 0 Å². The van der Waals surface area contributed by atoms with E-state index in [1.807, 2.05) is 37.3 Å². The number of nitrogens with zero attached hydrogens (tertiary/aromatic N) is 2. The van der Waals surface area contributed by atoms with Gasteiger partial charge in [-0.05, 0) is 13.3 Å². The van der Waals surface area contributed by atoms with Crippen molar-refractivity contribution < 1.29 is 0 Å². The summed E-state index contributed by atoms with van der Waals surface area (Å²) in [6.07, 6.45) is 1.28. The predicted molar refractivity (Wildman–Crippen MR) is 62.7 cm³/mol. The van der Waals surface area contributed by atoms with E-state index in [4.69, 9.17) is 5.26 Å². The number of hydrogen-bond donors (Lipinski definition) is 1. The molecule has 0 radical (unpaired) electrons. The Balaban J connectivity index is 2.39. The summed E-state index contributed by atoms with van der Waals surface area (Å²) in [4.78, 5) is 0. The van der Waals surface area contributed by atoms with Crippen molar-refractivity contribution in [3.05, 3.63) is 41.6 Å². The minimum absolute atomic E-state index is 0.528. The van der Waals surface area contributed by atoms with Crippen LogP contribution in [0.15, 0.2) is 30.3 Å². The van der Waals surface area contributed by atoms with Gasteiger partial charge in [0.25, 0.3) is 0 Å². The second-order valence-electron chi connectivity index (χ2n) is 3.70. The van der Waals surface area contributed by atoms with Crippen LogP contribution in [0.5, 0.6) is 0 Å². The highest BCUT2D eigenvalue weighted by Crippen LogP contribution is 2.24. The van der Waals surface area contributed by atoms with E-state index in [0.717, 1.165) is 28.9 Å². The molecule has 2 rings (SSSR count). The summed E-state index contributed by atoms with van der Waals surface area (Å²) >= 11 is 0. The molecule has 3 nitrogen and oxygen atoms in total. The molecule has 1 heterocycles. The lowest BCUT2D eigenvalue weighted by molar-refractivity contribution is 0.991. The molecule has 0 amide bonds. The lowest BCUT2D eigenvalue weighted by atomic mass is 10.0. The molecule has 0 saturated heterocycles. The Morgan fingerprint density at radius 3 is 2.75 bits per heavy atom. The Kier molecular flexibility index (Phi) is 3.02. The summed E-state index contributed by atoms with van der Waals surface area (Å²) in [6.45, 7) is 1.99. The van der Waals surface area contributed by atoms with Gasteiger partial charge >= 0.3 is 0 Å². The third-order valence-corrected chi connectivity index (χ3v) is 2.61. The maximum atomic E-state index is 8.64. The molecule has 0 unspecified atom stereocenters. The van der Waals surface area contributed by atoms with Crippen LogP contribution in [0.4, 0.5) is 0 Å². The Hall–Kier alpha value is -2.08. The molecule has 0 aliphatic carbocycles. The number of rotatable bonds is 3. The van der Waals surface area contributed by atoms with Crippen LogP contribution in [-0.4, -0.2) is 10.2 Å². The van der Waals surface area contributed by atoms with E-state index in [1.54, 1.807) is 0 Å². The zero-order valence-corrected chi connectivity index (χ0v) is 9.20. The van der Waals surface area contributed by atoms with E-state index in [-0.39, 0.29) is 0 Å². The molecule has 0 aliphatic heterocycles. The van der Waals surface area contributed by atoms with E-state index >= 15 is 0 Å². The fourth-order valence-electron chi connectivity index (χ4n) is 1.77. The number of H-pyrrole nitrogens is 1. The third kappa shape index (κ3) is 1.96. The lowest BCUT2D eigenvalue weighted by Crippen LogP contribution is -1.88. The van der Waals surface area contributed by atoms with E-state index in [1.165, 1.54) is 0 Å². The summed E-state index contributed by atoms with van der Waals surface area (Å²) in [5, 5.41) is 15.9. The molecular formula is C13H13N3. The predicted octanol–water partition coefficient (Wildman–Crippen LogP) is 2.84. The number of aromatic nitrogens is 2. The molecule has 0 saturated carbocycles. The Labute approximate surface area is 94.7 Å². The number of hydrogen-bond acceptors (Lipinski definition) is 2. The number of nitrogens with one attached hydrogen (secondary N) is 1. The fraction of sp³-hybridized carbons (Fsp3) is 0.231. The van der Waals surface area contributed by atoms with Crippen molar-refractivity contribution in [3.8, 4) is 17.3 Å². The highest BCUT2D eigenvalue weighted by Gasteiger charge is 2.11. The van der Waals surface area contributed by atoms with Gasteiger partial charge in [-0.2, -0.15) is 10.4 Å². The minimum atomic E-state index is 0.528.